The number of nitrogens with zero attached hydrogens (tertiary/aromatic N) is 1. The molecule has 0 saturated heterocycles. The Bertz CT molecular complexity index is 386. The zero-order chi connectivity index (χ0) is 12.8. The van der Waals surface area contributed by atoms with Gasteiger partial charge >= 0.3 is 0 Å². The predicted octanol–water partition coefficient (Wildman–Crippen LogP) is 3.56. The summed E-state index contributed by atoms with van der Waals surface area (Å²) < 4.78 is 0. The predicted molar refractivity (Wildman–Crippen MR) is 72.9 cm³/mol. The van der Waals surface area contributed by atoms with E-state index in [1.165, 1.54) is 0 Å². The molecular weight excluding hydrogens is 234 g/mol. The lowest BCUT2D eigenvalue weighted by molar-refractivity contribution is 0.0966. The minimum absolute atomic E-state index is 0.166. The molecule has 0 bridgehead atoms. The van der Waals surface area contributed by atoms with Gasteiger partial charge in [-0.1, -0.05) is 37.6 Å². The molecule has 0 aliphatic heterocycles. The maximum atomic E-state index is 12.0. The molecule has 0 aliphatic carbocycles. The Hall–Kier alpha value is -0.860. The van der Waals surface area contributed by atoms with E-state index in [0.29, 0.717) is 17.0 Å². The SMILES string of the molecule is CCN(CC)CCC(=O)c1ccc(C)c(Cl)c1. The van der Waals surface area contributed by atoms with Gasteiger partial charge in [-0.3, -0.25) is 4.79 Å². The summed E-state index contributed by atoms with van der Waals surface area (Å²) in [4.78, 5) is 14.2. The van der Waals surface area contributed by atoms with E-state index in [4.69, 9.17) is 11.6 Å². The van der Waals surface area contributed by atoms with Gasteiger partial charge in [-0.15, -0.1) is 0 Å². The smallest absolute Gasteiger partial charge is 0.164 e. The number of Topliss-reactive ketones (excluding diaryl/α,β-unsaturated/α-hetero) is 1. The van der Waals surface area contributed by atoms with E-state index in [0.717, 1.165) is 25.2 Å². The summed E-state index contributed by atoms with van der Waals surface area (Å²) in [5, 5.41) is 0.665. The van der Waals surface area contributed by atoms with Gasteiger partial charge in [-0.25, -0.2) is 0 Å². The Balaban J connectivity index is 2.61. The highest BCUT2D eigenvalue weighted by Crippen LogP contribution is 2.17. The van der Waals surface area contributed by atoms with Crippen LogP contribution in [0.5, 0.6) is 0 Å². The second-order valence-electron chi connectivity index (χ2n) is 4.16. The van der Waals surface area contributed by atoms with Gasteiger partial charge in [0.15, 0.2) is 5.78 Å². The third kappa shape index (κ3) is 4.14. The summed E-state index contributed by atoms with van der Waals surface area (Å²) in [6.07, 6.45) is 0.557. The van der Waals surface area contributed by atoms with E-state index in [1.807, 2.05) is 19.1 Å². The van der Waals surface area contributed by atoms with Crippen LogP contribution in [-0.2, 0) is 0 Å². The molecule has 0 saturated carbocycles. The maximum Gasteiger partial charge on any atom is 0.164 e. The van der Waals surface area contributed by atoms with Crippen molar-refractivity contribution in [2.75, 3.05) is 19.6 Å². The normalized spacial score (nSPS) is 10.9. The van der Waals surface area contributed by atoms with E-state index in [2.05, 4.69) is 18.7 Å². The summed E-state index contributed by atoms with van der Waals surface area (Å²) in [6.45, 7) is 8.94. The Morgan fingerprint density at radius 2 is 1.94 bits per heavy atom. The summed E-state index contributed by atoms with van der Waals surface area (Å²) in [5.74, 6) is 0.166. The van der Waals surface area contributed by atoms with Crippen LogP contribution >= 0.6 is 11.6 Å². The molecule has 0 aliphatic rings. The molecule has 2 nitrogen and oxygen atoms in total. The number of hydrogen-bond donors (Lipinski definition) is 0. The average Bonchev–Trinajstić information content (AvgIpc) is 2.33. The minimum Gasteiger partial charge on any atom is -0.303 e. The number of aryl methyl sites for hydroxylation is 1. The van der Waals surface area contributed by atoms with Gasteiger partial charge in [0.05, 0.1) is 0 Å². The van der Waals surface area contributed by atoms with Crippen molar-refractivity contribution in [3.63, 3.8) is 0 Å². The molecule has 3 heteroatoms. The van der Waals surface area contributed by atoms with Crippen LogP contribution in [-0.4, -0.2) is 30.3 Å². The lowest BCUT2D eigenvalue weighted by Gasteiger charge is -2.17. The number of ketones is 1. The second kappa shape index (κ2) is 6.77. The highest BCUT2D eigenvalue weighted by Gasteiger charge is 2.09. The van der Waals surface area contributed by atoms with Gasteiger partial charge in [-0.05, 0) is 31.6 Å². The molecule has 0 fully saturated rings. The highest BCUT2D eigenvalue weighted by molar-refractivity contribution is 6.31. The molecule has 0 spiro atoms. The van der Waals surface area contributed by atoms with Crippen LogP contribution < -0.4 is 0 Å². The van der Waals surface area contributed by atoms with Crippen LogP contribution in [0.25, 0.3) is 0 Å². The largest absolute Gasteiger partial charge is 0.303 e. The molecule has 0 atom stereocenters. The van der Waals surface area contributed by atoms with Crippen molar-refractivity contribution in [2.45, 2.75) is 27.2 Å². The van der Waals surface area contributed by atoms with Crippen LogP contribution in [0.15, 0.2) is 18.2 Å². The van der Waals surface area contributed by atoms with Crippen LogP contribution in [0.1, 0.15) is 36.2 Å². The summed E-state index contributed by atoms with van der Waals surface area (Å²) in [6, 6.07) is 5.51. The lowest BCUT2D eigenvalue weighted by Crippen LogP contribution is -2.25. The van der Waals surface area contributed by atoms with Crippen molar-refractivity contribution in [3.8, 4) is 0 Å². The molecule has 17 heavy (non-hydrogen) atoms. The quantitative estimate of drug-likeness (QED) is 0.723. The zero-order valence-electron chi connectivity index (χ0n) is 10.8. The zero-order valence-corrected chi connectivity index (χ0v) is 11.5. The monoisotopic (exact) mass is 253 g/mol. The van der Waals surface area contributed by atoms with Crippen molar-refractivity contribution in [1.29, 1.82) is 0 Å². The number of halogens is 1. The minimum atomic E-state index is 0.166. The number of hydrogen-bond acceptors (Lipinski definition) is 2. The molecule has 0 N–H and O–H groups in total. The van der Waals surface area contributed by atoms with Crippen molar-refractivity contribution in [2.24, 2.45) is 0 Å². The van der Waals surface area contributed by atoms with Gasteiger partial charge in [0, 0.05) is 23.6 Å². The summed E-state index contributed by atoms with van der Waals surface area (Å²) >= 11 is 6.01. The fourth-order valence-corrected chi connectivity index (χ4v) is 1.89. The Kier molecular flexibility index (Phi) is 5.66. The highest BCUT2D eigenvalue weighted by atomic mass is 35.5. The average molecular weight is 254 g/mol. The first-order valence-corrected chi connectivity index (χ1v) is 6.48. The number of rotatable bonds is 6. The Morgan fingerprint density at radius 1 is 1.29 bits per heavy atom. The lowest BCUT2D eigenvalue weighted by atomic mass is 10.1. The molecule has 0 unspecified atom stereocenters. The third-order valence-corrected chi connectivity index (χ3v) is 3.45. The molecule has 1 aromatic carbocycles. The van der Waals surface area contributed by atoms with E-state index >= 15 is 0 Å². The van der Waals surface area contributed by atoms with Gasteiger partial charge in [0.25, 0.3) is 0 Å². The Labute approximate surface area is 109 Å². The molecular formula is C14H20ClNO. The number of benzene rings is 1. The molecule has 94 valence electrons. The van der Waals surface area contributed by atoms with E-state index in [9.17, 15) is 4.79 Å². The summed E-state index contributed by atoms with van der Waals surface area (Å²) in [7, 11) is 0. The third-order valence-electron chi connectivity index (χ3n) is 3.04. The maximum absolute atomic E-state index is 12.0. The fourth-order valence-electron chi connectivity index (χ4n) is 1.71. The molecule has 0 heterocycles. The van der Waals surface area contributed by atoms with E-state index in [-0.39, 0.29) is 5.78 Å². The van der Waals surface area contributed by atoms with Gasteiger partial charge in [0.2, 0.25) is 0 Å². The summed E-state index contributed by atoms with van der Waals surface area (Å²) in [5.41, 5.74) is 1.72. The molecule has 0 radical (unpaired) electrons. The van der Waals surface area contributed by atoms with Crippen molar-refractivity contribution >= 4 is 17.4 Å². The van der Waals surface area contributed by atoms with E-state index < -0.39 is 0 Å². The van der Waals surface area contributed by atoms with Crippen molar-refractivity contribution in [3.05, 3.63) is 34.3 Å². The standard InChI is InChI=1S/C14H20ClNO/c1-4-16(5-2)9-8-14(17)12-7-6-11(3)13(15)10-12/h6-7,10H,4-5,8-9H2,1-3H3. The second-order valence-corrected chi connectivity index (χ2v) is 4.57. The Morgan fingerprint density at radius 3 is 2.47 bits per heavy atom. The van der Waals surface area contributed by atoms with E-state index in [1.54, 1.807) is 6.07 Å². The van der Waals surface area contributed by atoms with Crippen LogP contribution in [0.2, 0.25) is 5.02 Å². The van der Waals surface area contributed by atoms with Crippen LogP contribution in [0.4, 0.5) is 0 Å². The first kappa shape index (κ1) is 14.2. The van der Waals surface area contributed by atoms with Gasteiger partial charge < -0.3 is 4.90 Å². The molecule has 1 rings (SSSR count). The van der Waals surface area contributed by atoms with Gasteiger partial charge in [-0.2, -0.15) is 0 Å². The first-order chi connectivity index (χ1) is 8.08. The molecule has 1 aromatic rings. The topological polar surface area (TPSA) is 20.3 Å². The number of carbonyl (C=O) groups excluding carboxylic acids is 1. The molecule has 0 aromatic heterocycles. The molecule has 0 amide bonds. The van der Waals surface area contributed by atoms with Crippen molar-refractivity contribution in [1.82, 2.24) is 4.90 Å². The van der Waals surface area contributed by atoms with Crippen LogP contribution in [0, 0.1) is 6.92 Å². The first-order valence-electron chi connectivity index (χ1n) is 6.10. The van der Waals surface area contributed by atoms with Crippen LogP contribution in [0.3, 0.4) is 0 Å². The number of carbonyl (C=O) groups is 1. The fraction of sp³-hybridized carbons (Fsp3) is 0.500. The van der Waals surface area contributed by atoms with Gasteiger partial charge in [0.1, 0.15) is 0 Å². The van der Waals surface area contributed by atoms with Crippen molar-refractivity contribution < 1.29 is 4.79 Å².